The van der Waals surface area contributed by atoms with Gasteiger partial charge < -0.3 is 14.8 Å². The molecule has 0 radical (unpaired) electrons. The molecule has 1 aromatic carbocycles. The van der Waals surface area contributed by atoms with Crippen LogP contribution in [0, 0.1) is 11.3 Å². The fourth-order valence-corrected chi connectivity index (χ4v) is 1.87. The van der Waals surface area contributed by atoms with Crippen LogP contribution in [-0.2, 0) is 19.1 Å². The molecule has 0 heterocycles. The first-order valence-corrected chi connectivity index (χ1v) is 6.47. The Morgan fingerprint density at radius 1 is 1.29 bits per heavy atom. The van der Waals surface area contributed by atoms with Gasteiger partial charge >= 0.3 is 5.97 Å². The molecule has 0 aliphatic heterocycles. The summed E-state index contributed by atoms with van der Waals surface area (Å²) in [6.45, 7) is 0. The highest BCUT2D eigenvalue weighted by atomic mass is 16.5. The highest BCUT2D eigenvalue weighted by Crippen LogP contribution is 2.16. The average Bonchev–Trinajstić information content (AvgIpc) is 2.52. The van der Waals surface area contributed by atoms with Gasteiger partial charge in [-0.1, -0.05) is 30.3 Å². The van der Waals surface area contributed by atoms with Crippen LogP contribution in [-0.4, -0.2) is 32.1 Å². The van der Waals surface area contributed by atoms with Crippen molar-refractivity contribution in [2.45, 2.75) is 25.0 Å². The van der Waals surface area contributed by atoms with E-state index in [2.05, 4.69) is 10.1 Å². The molecular weight excluding hydrogens is 272 g/mol. The molecule has 0 fully saturated rings. The van der Waals surface area contributed by atoms with E-state index in [9.17, 15) is 9.59 Å². The lowest BCUT2D eigenvalue weighted by molar-refractivity contribution is -0.147. The minimum Gasteiger partial charge on any atom is -0.467 e. The smallest absolute Gasteiger partial charge is 0.328 e. The van der Waals surface area contributed by atoms with Crippen LogP contribution in [0.5, 0.6) is 0 Å². The number of amides is 1. The standard InChI is InChI=1S/C15H18N2O4/c1-20-13(11-7-4-3-5-8-11)14(18)17-12(9-6-10-16)15(19)21-2/h3-5,7-8,12-13H,6,9H2,1-2H3,(H,17,18)/t12-,13-/m0/s1. The average molecular weight is 290 g/mol. The zero-order valence-electron chi connectivity index (χ0n) is 12.0. The second-order valence-electron chi connectivity index (χ2n) is 4.31. The number of methoxy groups -OCH3 is 2. The van der Waals surface area contributed by atoms with Crippen molar-refractivity contribution in [2.75, 3.05) is 14.2 Å². The van der Waals surface area contributed by atoms with E-state index < -0.39 is 24.0 Å². The van der Waals surface area contributed by atoms with Crippen LogP contribution >= 0.6 is 0 Å². The summed E-state index contributed by atoms with van der Waals surface area (Å²) >= 11 is 0. The van der Waals surface area contributed by atoms with Gasteiger partial charge in [-0.05, 0) is 12.0 Å². The summed E-state index contributed by atoms with van der Waals surface area (Å²) in [5.74, 6) is -1.03. The van der Waals surface area contributed by atoms with Crippen LogP contribution in [0.2, 0.25) is 0 Å². The molecule has 0 spiro atoms. The van der Waals surface area contributed by atoms with Crippen molar-refractivity contribution in [3.63, 3.8) is 0 Å². The Morgan fingerprint density at radius 3 is 2.48 bits per heavy atom. The van der Waals surface area contributed by atoms with E-state index in [0.29, 0.717) is 5.56 Å². The van der Waals surface area contributed by atoms with Gasteiger partial charge in [-0.15, -0.1) is 0 Å². The highest BCUT2D eigenvalue weighted by Gasteiger charge is 2.26. The molecule has 21 heavy (non-hydrogen) atoms. The zero-order valence-corrected chi connectivity index (χ0v) is 12.0. The fraction of sp³-hybridized carbons (Fsp3) is 0.400. The van der Waals surface area contributed by atoms with E-state index in [1.807, 2.05) is 12.1 Å². The number of nitriles is 1. The number of nitrogens with one attached hydrogen (secondary N) is 1. The van der Waals surface area contributed by atoms with Gasteiger partial charge in [0.2, 0.25) is 0 Å². The summed E-state index contributed by atoms with van der Waals surface area (Å²) in [5, 5.41) is 11.2. The van der Waals surface area contributed by atoms with Gasteiger partial charge in [0.25, 0.3) is 5.91 Å². The van der Waals surface area contributed by atoms with E-state index in [-0.39, 0.29) is 12.8 Å². The molecule has 6 heteroatoms. The molecular formula is C15H18N2O4. The van der Waals surface area contributed by atoms with Crippen LogP contribution in [0.3, 0.4) is 0 Å². The first kappa shape index (κ1) is 16.7. The van der Waals surface area contributed by atoms with Crippen molar-refractivity contribution >= 4 is 11.9 Å². The number of hydrogen-bond donors (Lipinski definition) is 1. The lowest BCUT2D eigenvalue weighted by Crippen LogP contribution is -2.44. The molecule has 1 aromatic rings. The third kappa shape index (κ3) is 4.89. The number of carbonyl (C=O) groups excluding carboxylic acids is 2. The first-order valence-electron chi connectivity index (χ1n) is 6.47. The van der Waals surface area contributed by atoms with E-state index in [1.165, 1.54) is 14.2 Å². The van der Waals surface area contributed by atoms with Crippen molar-refractivity contribution in [3.8, 4) is 6.07 Å². The summed E-state index contributed by atoms with van der Waals surface area (Å²) in [4.78, 5) is 23.9. The molecule has 0 bridgehead atoms. The minimum absolute atomic E-state index is 0.142. The largest absolute Gasteiger partial charge is 0.467 e. The Morgan fingerprint density at radius 2 is 1.95 bits per heavy atom. The van der Waals surface area contributed by atoms with Gasteiger partial charge in [0.1, 0.15) is 6.04 Å². The molecule has 1 N–H and O–H groups in total. The minimum atomic E-state index is -0.858. The molecule has 0 aromatic heterocycles. The monoisotopic (exact) mass is 290 g/mol. The van der Waals surface area contributed by atoms with E-state index >= 15 is 0 Å². The Labute approximate surface area is 123 Å². The fourth-order valence-electron chi connectivity index (χ4n) is 1.87. The van der Waals surface area contributed by atoms with E-state index in [1.54, 1.807) is 24.3 Å². The van der Waals surface area contributed by atoms with Crippen LogP contribution in [0.15, 0.2) is 30.3 Å². The molecule has 1 amide bonds. The van der Waals surface area contributed by atoms with Gasteiger partial charge in [0.15, 0.2) is 6.10 Å². The summed E-state index contributed by atoms with van der Waals surface area (Å²) in [7, 11) is 2.65. The van der Waals surface area contributed by atoms with Gasteiger partial charge in [0, 0.05) is 13.5 Å². The van der Waals surface area contributed by atoms with E-state index in [0.717, 1.165) is 0 Å². The number of esters is 1. The molecule has 6 nitrogen and oxygen atoms in total. The van der Waals surface area contributed by atoms with Crippen molar-refractivity contribution in [3.05, 3.63) is 35.9 Å². The third-order valence-electron chi connectivity index (χ3n) is 2.92. The number of benzene rings is 1. The predicted octanol–water partition coefficient (Wildman–Crippen LogP) is 1.34. The van der Waals surface area contributed by atoms with Gasteiger partial charge in [-0.3, -0.25) is 4.79 Å². The highest BCUT2D eigenvalue weighted by molar-refractivity contribution is 5.87. The summed E-state index contributed by atoms with van der Waals surface area (Å²) < 4.78 is 9.81. The van der Waals surface area contributed by atoms with Crippen LogP contribution in [0.25, 0.3) is 0 Å². The Bertz CT molecular complexity index is 510. The molecule has 2 atom stereocenters. The molecule has 0 unspecified atom stereocenters. The zero-order chi connectivity index (χ0) is 15.7. The third-order valence-corrected chi connectivity index (χ3v) is 2.92. The second-order valence-corrected chi connectivity index (χ2v) is 4.31. The normalized spacial score (nSPS) is 12.8. The van der Waals surface area contributed by atoms with Gasteiger partial charge in [-0.25, -0.2) is 4.79 Å². The molecule has 0 aliphatic rings. The lowest BCUT2D eigenvalue weighted by atomic mass is 10.1. The van der Waals surface area contributed by atoms with Crippen LogP contribution in [0.4, 0.5) is 0 Å². The van der Waals surface area contributed by atoms with Gasteiger partial charge in [-0.2, -0.15) is 5.26 Å². The molecule has 1 rings (SSSR count). The number of nitrogens with zero attached hydrogens (tertiary/aromatic N) is 1. The maximum atomic E-state index is 12.2. The van der Waals surface area contributed by atoms with Gasteiger partial charge in [0.05, 0.1) is 13.2 Å². The van der Waals surface area contributed by atoms with E-state index in [4.69, 9.17) is 10.00 Å². The SMILES string of the molecule is COC(=O)[C@H](CCC#N)NC(=O)[C@@H](OC)c1ccccc1. The van der Waals surface area contributed by atoms with Crippen LogP contribution < -0.4 is 5.32 Å². The Balaban J connectivity index is 2.79. The summed E-state index contributed by atoms with van der Waals surface area (Å²) in [6.07, 6.45) is -0.483. The summed E-state index contributed by atoms with van der Waals surface area (Å²) in [5.41, 5.74) is 0.682. The van der Waals surface area contributed by atoms with Crippen LogP contribution in [0.1, 0.15) is 24.5 Å². The lowest BCUT2D eigenvalue weighted by Gasteiger charge is -2.20. The number of ether oxygens (including phenoxy) is 2. The molecule has 0 saturated heterocycles. The Kier molecular flexibility index (Phi) is 6.92. The molecule has 112 valence electrons. The molecule has 0 saturated carbocycles. The predicted molar refractivity (Wildman–Crippen MR) is 75.0 cm³/mol. The van der Waals surface area contributed by atoms with Crippen molar-refractivity contribution in [2.24, 2.45) is 0 Å². The summed E-state index contributed by atoms with van der Waals surface area (Å²) in [6, 6.07) is 10.0. The van der Waals surface area contributed by atoms with Crippen molar-refractivity contribution < 1.29 is 19.1 Å². The first-order chi connectivity index (χ1) is 10.1. The number of rotatable bonds is 7. The number of hydrogen-bond acceptors (Lipinski definition) is 5. The second kappa shape index (κ2) is 8.72. The quantitative estimate of drug-likeness (QED) is 0.765. The maximum absolute atomic E-state index is 12.2. The Hall–Kier alpha value is -2.39. The number of carbonyl (C=O) groups is 2. The maximum Gasteiger partial charge on any atom is 0.328 e. The van der Waals surface area contributed by atoms with Crippen molar-refractivity contribution in [1.29, 1.82) is 5.26 Å². The van der Waals surface area contributed by atoms with Crippen molar-refractivity contribution in [1.82, 2.24) is 5.32 Å². The topological polar surface area (TPSA) is 88.4 Å². The molecule has 0 aliphatic carbocycles.